The molecule has 1 unspecified atom stereocenters. The molecule has 17 heavy (non-hydrogen) atoms. The molecule has 1 heterocycles. The average molecular weight is 237 g/mol. The van der Waals surface area contributed by atoms with E-state index in [-0.39, 0.29) is 11.3 Å². The minimum atomic E-state index is 0.0239. The maximum atomic E-state index is 5.16. The molecule has 0 fully saturated rings. The molecule has 0 saturated heterocycles. The van der Waals surface area contributed by atoms with Crippen LogP contribution in [0.25, 0.3) is 0 Å². The Hall–Kier alpha value is -1.16. The van der Waals surface area contributed by atoms with Gasteiger partial charge in [-0.2, -0.15) is 0 Å². The summed E-state index contributed by atoms with van der Waals surface area (Å²) in [6.45, 7) is 9.17. The monoisotopic (exact) mass is 237 g/mol. The van der Waals surface area contributed by atoms with E-state index in [1.165, 1.54) is 0 Å². The lowest BCUT2D eigenvalue weighted by atomic mass is 9.91. The van der Waals surface area contributed by atoms with Crippen molar-refractivity contribution in [2.75, 3.05) is 26.1 Å². The van der Waals surface area contributed by atoms with Crippen molar-refractivity contribution < 1.29 is 4.74 Å². The molecule has 0 aromatic carbocycles. The van der Waals surface area contributed by atoms with E-state index in [0.717, 1.165) is 17.3 Å². The van der Waals surface area contributed by atoms with Gasteiger partial charge in [-0.15, -0.1) is 0 Å². The van der Waals surface area contributed by atoms with Crippen LogP contribution in [0.4, 0.5) is 5.82 Å². The Labute approximate surface area is 104 Å². The number of aromatic nitrogens is 2. The highest BCUT2D eigenvalue weighted by Gasteiger charge is 2.19. The van der Waals surface area contributed by atoms with Crippen molar-refractivity contribution in [2.24, 2.45) is 0 Å². The highest BCUT2D eigenvalue weighted by Crippen LogP contribution is 2.24. The molecule has 0 radical (unpaired) electrons. The summed E-state index contributed by atoms with van der Waals surface area (Å²) in [6.07, 6.45) is 0. The fourth-order valence-corrected chi connectivity index (χ4v) is 1.52. The Morgan fingerprint density at radius 2 is 2.00 bits per heavy atom. The molecule has 1 aromatic rings. The standard InChI is InChI=1S/C13H23N3O/c1-9(8-17-6)12-15-10(13(2,3)4)7-11(14-5)16-12/h7,9H,8H2,1-6H3,(H,14,15,16). The van der Waals surface area contributed by atoms with Crippen LogP contribution in [0.3, 0.4) is 0 Å². The number of hydrogen-bond acceptors (Lipinski definition) is 4. The first-order valence-electron chi connectivity index (χ1n) is 5.94. The Kier molecular flexibility index (Phi) is 4.46. The maximum Gasteiger partial charge on any atom is 0.136 e. The Bertz CT molecular complexity index is 371. The normalized spacial score (nSPS) is 13.5. The van der Waals surface area contributed by atoms with Crippen LogP contribution in [-0.2, 0) is 10.2 Å². The van der Waals surface area contributed by atoms with E-state index < -0.39 is 0 Å². The zero-order chi connectivity index (χ0) is 13.1. The second-order valence-corrected chi connectivity index (χ2v) is 5.35. The van der Waals surface area contributed by atoms with Gasteiger partial charge in [0.25, 0.3) is 0 Å². The van der Waals surface area contributed by atoms with Crippen molar-refractivity contribution in [3.8, 4) is 0 Å². The fourth-order valence-electron chi connectivity index (χ4n) is 1.52. The lowest BCUT2D eigenvalue weighted by Gasteiger charge is -2.20. The summed E-state index contributed by atoms with van der Waals surface area (Å²) in [5.41, 5.74) is 1.07. The number of methoxy groups -OCH3 is 1. The van der Waals surface area contributed by atoms with Gasteiger partial charge in [-0.05, 0) is 0 Å². The lowest BCUT2D eigenvalue weighted by Crippen LogP contribution is -2.18. The van der Waals surface area contributed by atoms with E-state index >= 15 is 0 Å². The second-order valence-electron chi connectivity index (χ2n) is 5.35. The minimum absolute atomic E-state index is 0.0239. The summed E-state index contributed by atoms with van der Waals surface area (Å²) in [5.74, 6) is 1.90. The highest BCUT2D eigenvalue weighted by atomic mass is 16.5. The lowest BCUT2D eigenvalue weighted by molar-refractivity contribution is 0.181. The molecule has 4 heteroatoms. The number of nitrogens with zero attached hydrogens (tertiary/aromatic N) is 2. The number of rotatable bonds is 4. The molecule has 0 aliphatic heterocycles. The third-order valence-corrected chi connectivity index (χ3v) is 2.63. The molecule has 0 spiro atoms. The van der Waals surface area contributed by atoms with Gasteiger partial charge >= 0.3 is 0 Å². The number of anilines is 1. The van der Waals surface area contributed by atoms with Crippen LogP contribution in [-0.4, -0.2) is 30.7 Å². The van der Waals surface area contributed by atoms with Crippen molar-refractivity contribution in [3.05, 3.63) is 17.6 Å². The smallest absolute Gasteiger partial charge is 0.136 e. The molecule has 1 N–H and O–H groups in total. The topological polar surface area (TPSA) is 47.0 Å². The van der Waals surface area contributed by atoms with Gasteiger partial charge < -0.3 is 10.1 Å². The summed E-state index contributed by atoms with van der Waals surface area (Å²) in [6, 6.07) is 2.00. The quantitative estimate of drug-likeness (QED) is 0.874. The first kappa shape index (κ1) is 13.9. The Morgan fingerprint density at radius 3 is 2.47 bits per heavy atom. The summed E-state index contributed by atoms with van der Waals surface area (Å²) >= 11 is 0. The van der Waals surface area contributed by atoms with E-state index in [0.29, 0.717) is 6.61 Å². The van der Waals surface area contributed by atoms with Crippen molar-refractivity contribution >= 4 is 5.82 Å². The van der Waals surface area contributed by atoms with Crippen LogP contribution >= 0.6 is 0 Å². The van der Waals surface area contributed by atoms with E-state index in [4.69, 9.17) is 4.74 Å². The number of nitrogens with one attached hydrogen (secondary N) is 1. The highest BCUT2D eigenvalue weighted by molar-refractivity contribution is 5.37. The van der Waals surface area contributed by atoms with Gasteiger partial charge in [0.15, 0.2) is 0 Å². The van der Waals surface area contributed by atoms with Crippen LogP contribution in [0.15, 0.2) is 6.07 Å². The predicted octanol–water partition coefficient (Wildman–Crippen LogP) is 2.57. The van der Waals surface area contributed by atoms with E-state index in [1.807, 2.05) is 13.1 Å². The first-order chi connectivity index (χ1) is 7.88. The van der Waals surface area contributed by atoms with Gasteiger partial charge in [-0.25, -0.2) is 9.97 Å². The van der Waals surface area contributed by atoms with Crippen molar-refractivity contribution in [2.45, 2.75) is 39.0 Å². The van der Waals surface area contributed by atoms with Gasteiger partial charge in [0, 0.05) is 31.6 Å². The Balaban J connectivity index is 3.14. The van der Waals surface area contributed by atoms with Crippen LogP contribution in [0, 0.1) is 0 Å². The van der Waals surface area contributed by atoms with Crippen LogP contribution in [0.2, 0.25) is 0 Å². The molecular weight excluding hydrogens is 214 g/mol. The maximum absolute atomic E-state index is 5.16. The predicted molar refractivity (Wildman–Crippen MR) is 70.6 cm³/mol. The van der Waals surface area contributed by atoms with E-state index in [9.17, 15) is 0 Å². The van der Waals surface area contributed by atoms with Gasteiger partial charge in [-0.1, -0.05) is 27.7 Å². The molecular formula is C13H23N3O. The number of ether oxygens (including phenoxy) is 1. The van der Waals surface area contributed by atoms with E-state index in [2.05, 4.69) is 43.0 Å². The molecule has 0 saturated carbocycles. The van der Waals surface area contributed by atoms with E-state index in [1.54, 1.807) is 7.11 Å². The second kappa shape index (κ2) is 5.45. The van der Waals surface area contributed by atoms with Gasteiger partial charge in [0.2, 0.25) is 0 Å². The molecule has 96 valence electrons. The Morgan fingerprint density at radius 1 is 1.35 bits per heavy atom. The largest absolute Gasteiger partial charge is 0.384 e. The average Bonchev–Trinajstić information content (AvgIpc) is 2.27. The van der Waals surface area contributed by atoms with Crippen LogP contribution < -0.4 is 5.32 Å². The molecule has 0 aliphatic rings. The van der Waals surface area contributed by atoms with Gasteiger partial charge in [0.05, 0.1) is 12.3 Å². The van der Waals surface area contributed by atoms with Gasteiger partial charge in [-0.3, -0.25) is 0 Å². The minimum Gasteiger partial charge on any atom is -0.384 e. The summed E-state index contributed by atoms with van der Waals surface area (Å²) in [4.78, 5) is 9.12. The zero-order valence-electron chi connectivity index (χ0n) is 11.7. The van der Waals surface area contributed by atoms with Crippen LogP contribution in [0.5, 0.6) is 0 Å². The molecule has 1 rings (SSSR count). The van der Waals surface area contributed by atoms with Crippen molar-refractivity contribution in [1.29, 1.82) is 0 Å². The zero-order valence-corrected chi connectivity index (χ0v) is 11.7. The summed E-state index contributed by atoms with van der Waals surface area (Å²) in [5, 5.41) is 3.08. The number of hydrogen-bond donors (Lipinski definition) is 1. The molecule has 4 nitrogen and oxygen atoms in total. The van der Waals surface area contributed by atoms with Crippen molar-refractivity contribution in [1.82, 2.24) is 9.97 Å². The summed E-state index contributed by atoms with van der Waals surface area (Å²) < 4.78 is 5.16. The van der Waals surface area contributed by atoms with Gasteiger partial charge in [0.1, 0.15) is 11.6 Å². The fraction of sp³-hybridized carbons (Fsp3) is 0.692. The van der Waals surface area contributed by atoms with Crippen LogP contribution in [0.1, 0.15) is 45.1 Å². The molecule has 0 bridgehead atoms. The van der Waals surface area contributed by atoms with Crippen molar-refractivity contribution in [3.63, 3.8) is 0 Å². The third-order valence-electron chi connectivity index (χ3n) is 2.63. The molecule has 0 amide bonds. The molecule has 0 aliphatic carbocycles. The SMILES string of the molecule is CNc1cc(C(C)(C)C)nc(C(C)COC)n1. The molecule has 1 aromatic heterocycles. The first-order valence-corrected chi connectivity index (χ1v) is 5.94. The molecule has 1 atom stereocenters. The third kappa shape index (κ3) is 3.66. The summed E-state index contributed by atoms with van der Waals surface area (Å²) in [7, 11) is 3.57.